The van der Waals surface area contributed by atoms with E-state index in [9.17, 15) is 22.7 Å². The zero-order valence-corrected chi connectivity index (χ0v) is 11.5. The zero-order valence-electron chi connectivity index (χ0n) is 10.6. The van der Waals surface area contributed by atoms with Crippen molar-refractivity contribution in [3.63, 3.8) is 0 Å². The standard InChI is InChI=1S/C13H15F4NOS/c14-11-2-1-9(5-10(11)13(15,16)17)6-18-7-12(19)3-4-20-8-12/h1-2,5,18-19H,3-4,6-8H2. The molecule has 1 atom stereocenters. The molecule has 0 aromatic heterocycles. The summed E-state index contributed by atoms with van der Waals surface area (Å²) in [6.45, 7) is 0.481. The zero-order chi connectivity index (χ0) is 14.8. The maximum absolute atomic E-state index is 13.1. The maximum atomic E-state index is 13.1. The van der Waals surface area contributed by atoms with E-state index in [2.05, 4.69) is 5.32 Å². The molecule has 7 heteroatoms. The molecule has 0 radical (unpaired) electrons. The lowest BCUT2D eigenvalue weighted by Crippen LogP contribution is -2.40. The molecular formula is C13H15F4NOS. The van der Waals surface area contributed by atoms with Gasteiger partial charge in [-0.25, -0.2) is 4.39 Å². The summed E-state index contributed by atoms with van der Waals surface area (Å²) in [7, 11) is 0. The normalized spacial score (nSPS) is 23.2. The van der Waals surface area contributed by atoms with E-state index in [1.165, 1.54) is 6.07 Å². The lowest BCUT2D eigenvalue weighted by Gasteiger charge is -2.21. The molecule has 112 valence electrons. The summed E-state index contributed by atoms with van der Waals surface area (Å²) in [5, 5.41) is 13.0. The van der Waals surface area contributed by atoms with Crippen molar-refractivity contribution in [1.29, 1.82) is 0 Å². The van der Waals surface area contributed by atoms with Gasteiger partial charge < -0.3 is 10.4 Å². The van der Waals surface area contributed by atoms with Crippen molar-refractivity contribution in [2.75, 3.05) is 18.1 Å². The van der Waals surface area contributed by atoms with Gasteiger partial charge in [0.1, 0.15) is 5.82 Å². The molecule has 0 amide bonds. The van der Waals surface area contributed by atoms with E-state index in [0.717, 1.165) is 17.9 Å². The fourth-order valence-corrected chi connectivity index (χ4v) is 3.37. The van der Waals surface area contributed by atoms with E-state index in [4.69, 9.17) is 0 Å². The van der Waals surface area contributed by atoms with Gasteiger partial charge in [-0.3, -0.25) is 0 Å². The minimum absolute atomic E-state index is 0.163. The van der Waals surface area contributed by atoms with Crippen molar-refractivity contribution >= 4 is 11.8 Å². The second-order valence-corrected chi connectivity index (χ2v) is 6.05. The largest absolute Gasteiger partial charge is 0.419 e. The number of rotatable bonds is 4. The third kappa shape index (κ3) is 3.86. The molecule has 0 saturated carbocycles. The van der Waals surface area contributed by atoms with Crippen LogP contribution in [0.5, 0.6) is 0 Å². The first-order valence-electron chi connectivity index (χ1n) is 6.17. The minimum Gasteiger partial charge on any atom is -0.388 e. The number of hydrogen-bond acceptors (Lipinski definition) is 3. The Morgan fingerprint density at radius 1 is 1.35 bits per heavy atom. The summed E-state index contributed by atoms with van der Waals surface area (Å²) in [6, 6.07) is 2.93. The van der Waals surface area contributed by atoms with Crippen molar-refractivity contribution in [2.45, 2.75) is 24.7 Å². The van der Waals surface area contributed by atoms with Crippen LogP contribution in [0.15, 0.2) is 18.2 Å². The molecule has 1 aliphatic heterocycles. The van der Waals surface area contributed by atoms with Crippen LogP contribution in [0.25, 0.3) is 0 Å². The molecule has 2 nitrogen and oxygen atoms in total. The van der Waals surface area contributed by atoms with E-state index < -0.39 is 23.2 Å². The Morgan fingerprint density at radius 3 is 2.70 bits per heavy atom. The first-order valence-corrected chi connectivity index (χ1v) is 7.32. The Hall–Kier alpha value is -0.790. The summed E-state index contributed by atoms with van der Waals surface area (Å²) in [5.74, 6) is 0.233. The molecule has 1 heterocycles. The van der Waals surface area contributed by atoms with Gasteiger partial charge in [0.15, 0.2) is 0 Å². The Morgan fingerprint density at radius 2 is 2.10 bits per heavy atom. The Labute approximate surface area is 118 Å². The van der Waals surface area contributed by atoms with E-state index in [1.807, 2.05) is 0 Å². The van der Waals surface area contributed by atoms with Gasteiger partial charge in [0.25, 0.3) is 0 Å². The Bertz CT molecular complexity index is 472. The predicted octanol–water partition coefficient (Wildman–Crippen LogP) is 2.80. The Kier molecular flexibility index (Phi) is 4.61. The van der Waals surface area contributed by atoms with Gasteiger partial charge in [-0.1, -0.05) is 6.07 Å². The molecule has 2 N–H and O–H groups in total. The van der Waals surface area contributed by atoms with E-state index >= 15 is 0 Å². The molecule has 0 spiro atoms. The van der Waals surface area contributed by atoms with Crippen molar-refractivity contribution in [3.8, 4) is 0 Å². The fraction of sp³-hybridized carbons (Fsp3) is 0.538. The minimum atomic E-state index is -4.69. The van der Waals surface area contributed by atoms with Gasteiger partial charge in [0.2, 0.25) is 0 Å². The summed E-state index contributed by atoms with van der Waals surface area (Å²) in [6.07, 6.45) is -4.03. The van der Waals surface area contributed by atoms with Crippen LogP contribution in [-0.4, -0.2) is 28.8 Å². The lowest BCUT2D eigenvalue weighted by molar-refractivity contribution is -0.140. The molecule has 1 unspecified atom stereocenters. The monoisotopic (exact) mass is 309 g/mol. The van der Waals surface area contributed by atoms with Gasteiger partial charge in [-0.2, -0.15) is 24.9 Å². The molecule has 20 heavy (non-hydrogen) atoms. The number of alkyl halides is 3. The quantitative estimate of drug-likeness (QED) is 0.839. The van der Waals surface area contributed by atoms with Crippen LogP contribution >= 0.6 is 11.8 Å². The van der Waals surface area contributed by atoms with Crippen LogP contribution in [0.4, 0.5) is 17.6 Å². The molecule has 1 aliphatic rings. The van der Waals surface area contributed by atoms with E-state index in [-0.39, 0.29) is 6.54 Å². The first kappa shape index (κ1) is 15.6. The SMILES string of the molecule is OC1(CNCc2ccc(F)c(C(F)(F)F)c2)CCSC1. The molecule has 0 bridgehead atoms. The topological polar surface area (TPSA) is 32.3 Å². The predicted molar refractivity (Wildman–Crippen MR) is 70.0 cm³/mol. The number of thioether (sulfide) groups is 1. The highest BCUT2D eigenvalue weighted by Gasteiger charge is 2.34. The molecule has 0 aliphatic carbocycles. The number of hydrogen-bond donors (Lipinski definition) is 2. The number of benzene rings is 1. The second-order valence-electron chi connectivity index (χ2n) is 4.94. The lowest BCUT2D eigenvalue weighted by atomic mass is 10.0. The second kappa shape index (κ2) is 5.91. The molecule has 2 rings (SSSR count). The maximum Gasteiger partial charge on any atom is 0.419 e. The fourth-order valence-electron chi connectivity index (χ4n) is 2.08. The third-order valence-electron chi connectivity index (χ3n) is 3.20. The molecule has 1 saturated heterocycles. The highest BCUT2D eigenvalue weighted by Crippen LogP contribution is 2.32. The molecular weight excluding hydrogens is 294 g/mol. The Balaban J connectivity index is 1.96. The van der Waals surface area contributed by atoms with Gasteiger partial charge in [-0.05, 0) is 29.9 Å². The summed E-state index contributed by atoms with van der Waals surface area (Å²) < 4.78 is 50.8. The number of halogens is 4. The summed E-state index contributed by atoms with van der Waals surface area (Å²) in [4.78, 5) is 0. The van der Waals surface area contributed by atoms with Crippen molar-refractivity contribution in [1.82, 2.24) is 5.32 Å². The van der Waals surface area contributed by atoms with Gasteiger partial charge in [0.05, 0.1) is 11.2 Å². The van der Waals surface area contributed by atoms with Gasteiger partial charge in [0, 0.05) is 18.8 Å². The first-order chi connectivity index (χ1) is 9.30. The molecule has 1 fully saturated rings. The average molecular weight is 309 g/mol. The number of aliphatic hydroxyl groups is 1. The summed E-state index contributed by atoms with van der Waals surface area (Å²) in [5.41, 5.74) is -1.71. The van der Waals surface area contributed by atoms with Crippen LogP contribution in [0.3, 0.4) is 0 Å². The van der Waals surface area contributed by atoms with Crippen LogP contribution in [0.2, 0.25) is 0 Å². The summed E-state index contributed by atoms with van der Waals surface area (Å²) >= 11 is 1.65. The number of nitrogens with one attached hydrogen (secondary N) is 1. The van der Waals surface area contributed by atoms with Gasteiger partial charge in [-0.15, -0.1) is 0 Å². The van der Waals surface area contributed by atoms with Crippen LogP contribution in [0.1, 0.15) is 17.5 Å². The molecule has 1 aromatic rings. The highest BCUT2D eigenvalue weighted by atomic mass is 32.2. The smallest absolute Gasteiger partial charge is 0.388 e. The van der Waals surface area contributed by atoms with Crippen molar-refractivity contribution in [2.24, 2.45) is 0 Å². The third-order valence-corrected chi connectivity index (χ3v) is 4.44. The van der Waals surface area contributed by atoms with Crippen LogP contribution < -0.4 is 5.32 Å². The van der Waals surface area contributed by atoms with E-state index in [0.29, 0.717) is 24.3 Å². The molecule has 1 aromatic carbocycles. The highest BCUT2D eigenvalue weighted by molar-refractivity contribution is 7.99. The average Bonchev–Trinajstić information content (AvgIpc) is 2.77. The van der Waals surface area contributed by atoms with Crippen molar-refractivity contribution < 1.29 is 22.7 Å². The van der Waals surface area contributed by atoms with Crippen LogP contribution in [0, 0.1) is 5.82 Å². The van der Waals surface area contributed by atoms with Crippen molar-refractivity contribution in [3.05, 3.63) is 35.1 Å². The van der Waals surface area contributed by atoms with Gasteiger partial charge >= 0.3 is 6.18 Å². The van der Waals surface area contributed by atoms with Crippen LogP contribution in [-0.2, 0) is 12.7 Å². The van der Waals surface area contributed by atoms with E-state index in [1.54, 1.807) is 11.8 Å².